The van der Waals surface area contributed by atoms with Crippen molar-refractivity contribution < 1.29 is 18.0 Å². The summed E-state index contributed by atoms with van der Waals surface area (Å²) in [6.45, 7) is 0.240. The molecule has 0 saturated carbocycles. The third kappa shape index (κ3) is 4.60. The van der Waals surface area contributed by atoms with E-state index in [1.165, 1.54) is 12.1 Å². The van der Waals surface area contributed by atoms with Crippen molar-refractivity contribution in [2.24, 2.45) is 5.14 Å². The number of primary sulfonamides is 1. The fraction of sp³-hybridized carbons (Fsp3) is 0.158. The van der Waals surface area contributed by atoms with E-state index in [1.54, 1.807) is 22.9 Å². The molecule has 0 atom stereocenters. The maximum absolute atomic E-state index is 12.3. The minimum absolute atomic E-state index is 0.0159. The number of hydrogen-bond acceptors (Lipinski definition) is 4. The SMILES string of the molecule is NS(=O)(=O)c1ccc(CNC(=O)CCC(=O)n2ccc3ccccc32)cc1. The normalized spacial score (nSPS) is 11.4. The van der Waals surface area contributed by atoms with Gasteiger partial charge in [0.1, 0.15) is 0 Å². The number of sulfonamides is 1. The highest BCUT2D eigenvalue weighted by atomic mass is 32.2. The molecule has 140 valence electrons. The predicted octanol–water partition coefficient (Wildman–Crippen LogP) is 2.03. The minimum Gasteiger partial charge on any atom is -0.352 e. The Hall–Kier alpha value is -2.97. The standard InChI is InChI=1S/C19H19N3O4S/c20-27(25,26)16-7-5-14(6-8-16)13-21-18(23)9-10-19(24)22-12-11-15-3-1-2-4-17(15)22/h1-8,11-12H,9-10,13H2,(H,21,23)(H2,20,25,26). The Morgan fingerprint density at radius 2 is 1.67 bits per heavy atom. The molecule has 0 saturated heterocycles. The monoisotopic (exact) mass is 385 g/mol. The molecule has 0 spiro atoms. The van der Waals surface area contributed by atoms with Gasteiger partial charge in [0, 0.05) is 31.0 Å². The van der Waals surface area contributed by atoms with Crippen molar-refractivity contribution in [1.82, 2.24) is 9.88 Å². The van der Waals surface area contributed by atoms with E-state index in [-0.39, 0.29) is 36.1 Å². The summed E-state index contributed by atoms with van der Waals surface area (Å²) in [5, 5.41) is 8.72. The Labute approximate surface area is 156 Å². The molecule has 0 radical (unpaired) electrons. The first-order valence-corrected chi connectivity index (χ1v) is 9.87. The van der Waals surface area contributed by atoms with Crippen LogP contribution in [0, 0.1) is 0 Å². The number of hydrogen-bond donors (Lipinski definition) is 2. The van der Waals surface area contributed by atoms with Crippen LogP contribution in [0.3, 0.4) is 0 Å². The fourth-order valence-electron chi connectivity index (χ4n) is 2.73. The number of benzene rings is 2. The van der Waals surface area contributed by atoms with E-state index >= 15 is 0 Å². The molecule has 7 nitrogen and oxygen atoms in total. The molecule has 2 aromatic carbocycles. The van der Waals surface area contributed by atoms with Crippen molar-refractivity contribution in [3.8, 4) is 0 Å². The quantitative estimate of drug-likeness (QED) is 0.676. The molecule has 0 unspecified atom stereocenters. The topological polar surface area (TPSA) is 111 Å². The first-order valence-electron chi connectivity index (χ1n) is 8.32. The molecule has 1 amide bonds. The van der Waals surface area contributed by atoms with E-state index in [9.17, 15) is 18.0 Å². The number of nitrogens with zero attached hydrogens (tertiary/aromatic N) is 1. The lowest BCUT2D eigenvalue weighted by atomic mass is 10.2. The smallest absolute Gasteiger partial charge is 0.238 e. The highest BCUT2D eigenvalue weighted by molar-refractivity contribution is 7.89. The highest BCUT2D eigenvalue weighted by Crippen LogP contribution is 2.16. The summed E-state index contributed by atoms with van der Waals surface area (Å²) in [7, 11) is -3.73. The number of nitrogens with two attached hydrogens (primary N) is 1. The van der Waals surface area contributed by atoms with E-state index in [1.807, 2.05) is 30.3 Å². The van der Waals surface area contributed by atoms with Crippen molar-refractivity contribution in [3.63, 3.8) is 0 Å². The van der Waals surface area contributed by atoms with E-state index in [2.05, 4.69) is 5.32 Å². The predicted molar refractivity (Wildman–Crippen MR) is 101 cm³/mol. The molecule has 0 aliphatic rings. The van der Waals surface area contributed by atoms with Gasteiger partial charge in [-0.1, -0.05) is 30.3 Å². The molecule has 3 aromatic rings. The third-order valence-electron chi connectivity index (χ3n) is 4.18. The summed E-state index contributed by atoms with van der Waals surface area (Å²) in [5.74, 6) is -0.404. The zero-order valence-electron chi connectivity index (χ0n) is 14.5. The van der Waals surface area contributed by atoms with E-state index in [0.29, 0.717) is 0 Å². The summed E-state index contributed by atoms with van der Waals surface area (Å²) < 4.78 is 24.0. The Kier molecular flexibility index (Phi) is 5.38. The van der Waals surface area contributed by atoms with Crippen LogP contribution in [0.5, 0.6) is 0 Å². The number of aromatic nitrogens is 1. The largest absolute Gasteiger partial charge is 0.352 e. The Morgan fingerprint density at radius 1 is 0.963 bits per heavy atom. The zero-order chi connectivity index (χ0) is 19.4. The van der Waals surface area contributed by atoms with Crippen molar-refractivity contribution in [2.45, 2.75) is 24.3 Å². The molecule has 1 aromatic heterocycles. The second-order valence-corrected chi connectivity index (χ2v) is 7.67. The van der Waals surface area contributed by atoms with Crippen molar-refractivity contribution in [3.05, 3.63) is 66.4 Å². The summed E-state index contributed by atoms with van der Waals surface area (Å²) >= 11 is 0. The molecule has 8 heteroatoms. The third-order valence-corrected chi connectivity index (χ3v) is 5.10. The number of amides is 1. The molecule has 1 heterocycles. The summed E-state index contributed by atoms with van der Waals surface area (Å²) in [4.78, 5) is 24.4. The van der Waals surface area contributed by atoms with E-state index in [4.69, 9.17) is 5.14 Å². The molecule has 0 aliphatic heterocycles. The second-order valence-electron chi connectivity index (χ2n) is 6.10. The van der Waals surface area contributed by atoms with Crippen LogP contribution in [-0.2, 0) is 21.4 Å². The van der Waals surface area contributed by atoms with Crippen LogP contribution < -0.4 is 10.5 Å². The van der Waals surface area contributed by atoms with Gasteiger partial charge in [0.25, 0.3) is 0 Å². The van der Waals surface area contributed by atoms with Crippen molar-refractivity contribution in [1.29, 1.82) is 0 Å². The van der Waals surface area contributed by atoms with Crippen LogP contribution in [0.25, 0.3) is 10.9 Å². The molecular formula is C19H19N3O4S. The summed E-state index contributed by atoms with van der Waals surface area (Å²) in [6.07, 6.45) is 1.87. The van der Waals surface area contributed by atoms with E-state index in [0.717, 1.165) is 16.5 Å². The highest BCUT2D eigenvalue weighted by Gasteiger charge is 2.11. The molecule has 3 N–H and O–H groups in total. The second kappa shape index (κ2) is 7.73. The summed E-state index contributed by atoms with van der Waals surface area (Å²) in [6, 6.07) is 15.3. The minimum atomic E-state index is -3.73. The lowest BCUT2D eigenvalue weighted by molar-refractivity contribution is -0.121. The number of rotatable bonds is 6. The average Bonchev–Trinajstić information content (AvgIpc) is 3.08. The van der Waals surface area contributed by atoms with Gasteiger partial charge in [-0.2, -0.15) is 0 Å². The van der Waals surface area contributed by atoms with Gasteiger partial charge in [0.2, 0.25) is 21.8 Å². The Bertz CT molecular complexity index is 1090. The zero-order valence-corrected chi connectivity index (χ0v) is 15.3. The van der Waals surface area contributed by atoms with Crippen molar-refractivity contribution >= 4 is 32.7 Å². The number of para-hydroxylation sites is 1. The van der Waals surface area contributed by atoms with E-state index < -0.39 is 10.0 Å². The van der Waals surface area contributed by atoms with Gasteiger partial charge < -0.3 is 5.32 Å². The van der Waals surface area contributed by atoms with Gasteiger partial charge >= 0.3 is 0 Å². The summed E-state index contributed by atoms with van der Waals surface area (Å²) in [5.41, 5.74) is 1.55. The lowest BCUT2D eigenvalue weighted by Crippen LogP contribution is -2.24. The number of carbonyl (C=O) groups is 2. The number of nitrogens with one attached hydrogen (secondary N) is 1. The van der Waals surface area contributed by atoms with Crippen LogP contribution in [0.2, 0.25) is 0 Å². The first-order chi connectivity index (χ1) is 12.8. The van der Waals surface area contributed by atoms with Gasteiger partial charge in [0.15, 0.2) is 0 Å². The maximum atomic E-state index is 12.3. The molecule has 0 bridgehead atoms. The number of carbonyl (C=O) groups excluding carboxylic acids is 2. The van der Waals surface area contributed by atoms with Gasteiger partial charge in [-0.3, -0.25) is 14.2 Å². The van der Waals surface area contributed by atoms with Crippen LogP contribution in [-0.4, -0.2) is 24.8 Å². The lowest BCUT2D eigenvalue weighted by Gasteiger charge is -2.07. The average molecular weight is 385 g/mol. The van der Waals surface area contributed by atoms with Crippen LogP contribution >= 0.6 is 0 Å². The molecule has 3 rings (SSSR count). The van der Waals surface area contributed by atoms with Gasteiger partial charge in [-0.15, -0.1) is 0 Å². The molecule has 0 aliphatic carbocycles. The molecule has 27 heavy (non-hydrogen) atoms. The van der Waals surface area contributed by atoms with Crippen LogP contribution in [0.4, 0.5) is 0 Å². The Morgan fingerprint density at radius 3 is 2.37 bits per heavy atom. The van der Waals surface area contributed by atoms with Crippen molar-refractivity contribution in [2.75, 3.05) is 0 Å². The maximum Gasteiger partial charge on any atom is 0.238 e. The van der Waals surface area contributed by atoms with Gasteiger partial charge in [0.05, 0.1) is 10.4 Å². The first kappa shape index (κ1) is 18.8. The van der Waals surface area contributed by atoms with Crippen LogP contribution in [0.15, 0.2) is 65.7 Å². The van der Waals surface area contributed by atoms with Gasteiger partial charge in [-0.05, 0) is 29.8 Å². The van der Waals surface area contributed by atoms with Crippen LogP contribution in [0.1, 0.15) is 23.2 Å². The Balaban J connectivity index is 1.52. The number of fused-ring (bicyclic) bond motifs is 1. The molecular weight excluding hydrogens is 366 g/mol. The fourth-order valence-corrected chi connectivity index (χ4v) is 3.24. The molecule has 0 fully saturated rings. The van der Waals surface area contributed by atoms with Gasteiger partial charge in [-0.25, -0.2) is 13.6 Å².